The van der Waals surface area contributed by atoms with Crippen LogP contribution in [0.2, 0.25) is 0 Å². The fourth-order valence-electron chi connectivity index (χ4n) is 1.40. The van der Waals surface area contributed by atoms with Crippen LogP contribution in [0.25, 0.3) is 0 Å². The highest BCUT2D eigenvalue weighted by molar-refractivity contribution is 5.77. The number of hydrogen-bond acceptors (Lipinski definition) is 4. The molecule has 0 spiro atoms. The fourth-order valence-corrected chi connectivity index (χ4v) is 1.40. The van der Waals surface area contributed by atoms with E-state index < -0.39 is 0 Å². The van der Waals surface area contributed by atoms with Gasteiger partial charge in [0.1, 0.15) is 5.82 Å². The summed E-state index contributed by atoms with van der Waals surface area (Å²) in [7, 11) is 5.71. The number of hydrogen-bond donors (Lipinski definition) is 1. The Hall–Kier alpha value is -1.62. The van der Waals surface area contributed by atoms with Gasteiger partial charge in [0.2, 0.25) is 5.91 Å². The van der Waals surface area contributed by atoms with Crippen LogP contribution in [0.5, 0.6) is 0 Å². The van der Waals surface area contributed by atoms with Gasteiger partial charge in [-0.05, 0) is 26.2 Å². The molecule has 1 aromatic rings. The molecule has 1 N–H and O–H groups in total. The van der Waals surface area contributed by atoms with Gasteiger partial charge in [-0.2, -0.15) is 0 Å². The molecular weight excluding hydrogens is 216 g/mol. The van der Waals surface area contributed by atoms with E-state index in [1.165, 1.54) is 0 Å². The van der Waals surface area contributed by atoms with Crippen molar-refractivity contribution in [3.05, 3.63) is 24.4 Å². The highest BCUT2D eigenvalue weighted by Gasteiger charge is 2.04. The van der Waals surface area contributed by atoms with Crippen molar-refractivity contribution in [1.29, 1.82) is 0 Å². The number of anilines is 1. The molecule has 0 saturated carbocycles. The Morgan fingerprint density at radius 2 is 2.12 bits per heavy atom. The van der Waals surface area contributed by atoms with E-state index in [9.17, 15) is 4.79 Å². The van der Waals surface area contributed by atoms with Crippen molar-refractivity contribution in [3.63, 3.8) is 0 Å². The van der Waals surface area contributed by atoms with E-state index in [0.29, 0.717) is 13.1 Å². The van der Waals surface area contributed by atoms with Gasteiger partial charge in [0, 0.05) is 26.3 Å². The van der Waals surface area contributed by atoms with E-state index in [0.717, 1.165) is 12.4 Å². The summed E-state index contributed by atoms with van der Waals surface area (Å²) < 4.78 is 0. The zero-order valence-electron chi connectivity index (χ0n) is 10.7. The van der Waals surface area contributed by atoms with Crippen LogP contribution in [0.15, 0.2) is 24.4 Å². The lowest BCUT2D eigenvalue weighted by atomic mass is 10.4. The zero-order valence-corrected chi connectivity index (χ0v) is 10.7. The summed E-state index contributed by atoms with van der Waals surface area (Å²) in [6.07, 6.45) is 1.76. The number of likely N-dealkylation sites (N-methyl/N-ethyl adjacent to an activating group) is 2. The third kappa shape index (κ3) is 5.31. The van der Waals surface area contributed by atoms with Crippen LogP contribution in [0.4, 0.5) is 5.82 Å². The second-order valence-corrected chi connectivity index (χ2v) is 4.20. The molecule has 1 rings (SSSR count). The minimum absolute atomic E-state index is 0.0458. The van der Waals surface area contributed by atoms with E-state index in [4.69, 9.17) is 0 Å². The van der Waals surface area contributed by atoms with Gasteiger partial charge in [-0.25, -0.2) is 4.98 Å². The van der Waals surface area contributed by atoms with E-state index >= 15 is 0 Å². The predicted molar refractivity (Wildman–Crippen MR) is 69.1 cm³/mol. The number of pyridine rings is 1. The number of nitrogens with one attached hydrogen (secondary N) is 1. The molecule has 5 nitrogen and oxygen atoms in total. The molecule has 5 heteroatoms. The molecule has 17 heavy (non-hydrogen) atoms. The van der Waals surface area contributed by atoms with Gasteiger partial charge < -0.3 is 15.1 Å². The van der Waals surface area contributed by atoms with Gasteiger partial charge in [-0.1, -0.05) is 6.07 Å². The largest absolute Gasteiger partial charge is 0.358 e. The van der Waals surface area contributed by atoms with Crippen LogP contribution in [0.1, 0.15) is 0 Å². The normalized spacial score (nSPS) is 10.4. The number of carbonyl (C=O) groups is 1. The molecule has 0 atom stereocenters. The second kappa shape index (κ2) is 6.85. The Balaban J connectivity index is 2.25. The van der Waals surface area contributed by atoms with Crippen molar-refractivity contribution in [2.45, 2.75) is 0 Å². The Bertz CT molecular complexity index is 340. The van der Waals surface area contributed by atoms with Gasteiger partial charge in [-0.3, -0.25) is 4.79 Å². The SMILES string of the molecule is CN(C)CC(=O)NCCN(C)c1ccccn1. The fraction of sp³-hybridized carbons (Fsp3) is 0.500. The molecule has 0 saturated heterocycles. The Morgan fingerprint density at radius 1 is 1.35 bits per heavy atom. The average Bonchev–Trinajstić information content (AvgIpc) is 2.29. The smallest absolute Gasteiger partial charge is 0.234 e. The van der Waals surface area contributed by atoms with Gasteiger partial charge in [0.25, 0.3) is 0 Å². The molecule has 0 fully saturated rings. The van der Waals surface area contributed by atoms with Crippen molar-refractivity contribution in [2.75, 3.05) is 45.7 Å². The Kier molecular flexibility index (Phi) is 5.42. The minimum Gasteiger partial charge on any atom is -0.358 e. The first-order valence-corrected chi connectivity index (χ1v) is 5.63. The number of rotatable bonds is 6. The maximum Gasteiger partial charge on any atom is 0.234 e. The zero-order chi connectivity index (χ0) is 12.7. The number of nitrogens with zero attached hydrogens (tertiary/aromatic N) is 3. The summed E-state index contributed by atoms with van der Waals surface area (Å²) >= 11 is 0. The standard InChI is InChI=1S/C12H20N4O/c1-15(2)10-12(17)14-8-9-16(3)11-6-4-5-7-13-11/h4-7H,8-10H2,1-3H3,(H,14,17). The van der Waals surface area contributed by atoms with Crippen LogP contribution in [0.3, 0.4) is 0 Å². The Morgan fingerprint density at radius 3 is 2.71 bits per heavy atom. The molecule has 0 bridgehead atoms. The highest BCUT2D eigenvalue weighted by atomic mass is 16.2. The lowest BCUT2D eigenvalue weighted by molar-refractivity contribution is -0.121. The van der Waals surface area contributed by atoms with Crippen LogP contribution >= 0.6 is 0 Å². The number of carbonyl (C=O) groups excluding carboxylic acids is 1. The van der Waals surface area contributed by atoms with Crippen molar-refractivity contribution in [3.8, 4) is 0 Å². The second-order valence-electron chi connectivity index (χ2n) is 4.20. The maximum absolute atomic E-state index is 11.4. The first kappa shape index (κ1) is 13.4. The lowest BCUT2D eigenvalue weighted by Gasteiger charge is -2.18. The van der Waals surface area contributed by atoms with Crippen molar-refractivity contribution in [2.24, 2.45) is 0 Å². The molecule has 1 aromatic heterocycles. The molecule has 94 valence electrons. The van der Waals surface area contributed by atoms with E-state index in [2.05, 4.69) is 10.3 Å². The third-order valence-corrected chi connectivity index (χ3v) is 2.27. The number of amides is 1. The summed E-state index contributed by atoms with van der Waals surface area (Å²) in [5, 5.41) is 2.86. The molecule has 0 unspecified atom stereocenters. The van der Waals surface area contributed by atoms with E-state index in [1.807, 2.05) is 49.1 Å². The van der Waals surface area contributed by atoms with Gasteiger partial charge in [-0.15, -0.1) is 0 Å². The summed E-state index contributed by atoms with van der Waals surface area (Å²) in [4.78, 5) is 19.5. The average molecular weight is 236 g/mol. The third-order valence-electron chi connectivity index (χ3n) is 2.27. The monoisotopic (exact) mass is 236 g/mol. The van der Waals surface area contributed by atoms with Crippen LogP contribution in [-0.4, -0.2) is 56.6 Å². The molecule has 0 radical (unpaired) electrons. The van der Waals surface area contributed by atoms with Crippen LogP contribution < -0.4 is 10.2 Å². The maximum atomic E-state index is 11.4. The molecule has 0 aliphatic heterocycles. The van der Waals surface area contributed by atoms with Crippen LogP contribution in [-0.2, 0) is 4.79 Å². The van der Waals surface area contributed by atoms with Crippen molar-refractivity contribution >= 4 is 11.7 Å². The summed E-state index contributed by atoms with van der Waals surface area (Å²) in [6, 6.07) is 5.78. The van der Waals surface area contributed by atoms with Crippen molar-refractivity contribution in [1.82, 2.24) is 15.2 Å². The van der Waals surface area contributed by atoms with E-state index in [1.54, 1.807) is 6.20 Å². The van der Waals surface area contributed by atoms with E-state index in [-0.39, 0.29) is 5.91 Å². The summed E-state index contributed by atoms with van der Waals surface area (Å²) in [5.74, 6) is 0.957. The van der Waals surface area contributed by atoms with Crippen molar-refractivity contribution < 1.29 is 4.79 Å². The Labute approximate surface area is 102 Å². The quantitative estimate of drug-likeness (QED) is 0.766. The molecule has 0 aliphatic carbocycles. The molecular formula is C12H20N4O. The van der Waals surface area contributed by atoms with Crippen LogP contribution in [0, 0.1) is 0 Å². The lowest BCUT2D eigenvalue weighted by Crippen LogP contribution is -2.37. The predicted octanol–water partition coefficient (Wildman–Crippen LogP) is 0.196. The minimum atomic E-state index is 0.0458. The van der Waals surface area contributed by atoms with Gasteiger partial charge in [0.05, 0.1) is 6.54 Å². The summed E-state index contributed by atoms with van der Waals surface area (Å²) in [6.45, 7) is 1.79. The highest BCUT2D eigenvalue weighted by Crippen LogP contribution is 2.04. The molecule has 0 aromatic carbocycles. The van der Waals surface area contributed by atoms with Gasteiger partial charge in [0.15, 0.2) is 0 Å². The summed E-state index contributed by atoms with van der Waals surface area (Å²) in [5.41, 5.74) is 0. The number of aromatic nitrogens is 1. The first-order chi connectivity index (χ1) is 8.09. The molecule has 0 aliphatic rings. The molecule has 1 heterocycles. The first-order valence-electron chi connectivity index (χ1n) is 5.63. The topological polar surface area (TPSA) is 48.5 Å². The van der Waals surface area contributed by atoms with Gasteiger partial charge >= 0.3 is 0 Å². The molecule has 1 amide bonds.